The average Bonchev–Trinajstić information content (AvgIpc) is 3.47. The van der Waals surface area contributed by atoms with Crippen LogP contribution in [-0.2, 0) is 6.18 Å². The first-order valence-corrected chi connectivity index (χ1v) is 10.9. The zero-order chi connectivity index (χ0) is 24.2. The number of hydrogen-bond donors (Lipinski definition) is 2. The van der Waals surface area contributed by atoms with Gasteiger partial charge in [0.25, 0.3) is 0 Å². The molecule has 0 fully saturated rings. The van der Waals surface area contributed by atoms with E-state index >= 15 is 0 Å². The van der Waals surface area contributed by atoms with Gasteiger partial charge in [0, 0.05) is 23.5 Å². The standard InChI is InChI=1S/C25H15ClF3N5O/c26-18-12-15(25(27,28)29)13-19-22(18)33-24(32-19)31-16-5-7-17(8-6-16)35-20-3-1-2-14-4-9-21-30-10-11-34(21)23(14)20/h1-13H,(H2,31,32,33). The molecule has 3 aromatic carbocycles. The minimum Gasteiger partial charge on any atom is -0.455 e. The van der Waals surface area contributed by atoms with Crippen molar-refractivity contribution in [2.45, 2.75) is 6.18 Å². The van der Waals surface area contributed by atoms with Gasteiger partial charge < -0.3 is 15.0 Å². The summed E-state index contributed by atoms with van der Waals surface area (Å²) in [5, 5.41) is 3.98. The maximum atomic E-state index is 13.1. The van der Waals surface area contributed by atoms with Crippen molar-refractivity contribution < 1.29 is 17.9 Å². The average molecular weight is 494 g/mol. The van der Waals surface area contributed by atoms with Crippen LogP contribution in [-0.4, -0.2) is 19.4 Å². The molecular weight excluding hydrogens is 479 g/mol. The summed E-state index contributed by atoms with van der Waals surface area (Å²) in [6.07, 6.45) is -0.879. The van der Waals surface area contributed by atoms with Crippen molar-refractivity contribution in [2.24, 2.45) is 0 Å². The summed E-state index contributed by atoms with van der Waals surface area (Å²) in [6.45, 7) is 0. The Balaban J connectivity index is 1.26. The van der Waals surface area contributed by atoms with Crippen molar-refractivity contribution in [3.8, 4) is 11.5 Å². The van der Waals surface area contributed by atoms with Gasteiger partial charge in [0.05, 0.1) is 21.6 Å². The van der Waals surface area contributed by atoms with E-state index in [2.05, 4.69) is 20.3 Å². The van der Waals surface area contributed by atoms with Crippen LogP contribution in [0.15, 0.2) is 79.1 Å². The molecule has 0 aliphatic rings. The largest absolute Gasteiger partial charge is 0.455 e. The number of nitrogens with one attached hydrogen (secondary N) is 2. The number of anilines is 2. The third-order valence-corrected chi connectivity index (χ3v) is 5.85. The number of para-hydroxylation sites is 1. The van der Waals surface area contributed by atoms with E-state index in [0.29, 0.717) is 17.2 Å². The van der Waals surface area contributed by atoms with Gasteiger partial charge in [-0.25, -0.2) is 9.97 Å². The molecule has 0 bridgehead atoms. The Kier molecular flexibility index (Phi) is 4.82. The number of ether oxygens (including phenoxy) is 1. The highest BCUT2D eigenvalue weighted by Crippen LogP contribution is 2.35. The number of aromatic nitrogens is 4. The van der Waals surface area contributed by atoms with Gasteiger partial charge in [-0.3, -0.25) is 4.40 Å². The Labute approximate surface area is 201 Å². The number of pyridine rings is 1. The summed E-state index contributed by atoms with van der Waals surface area (Å²) in [7, 11) is 0. The molecule has 0 saturated heterocycles. The van der Waals surface area contributed by atoms with Crippen LogP contribution in [0.25, 0.3) is 27.6 Å². The fourth-order valence-corrected chi connectivity index (χ4v) is 4.24. The van der Waals surface area contributed by atoms with Crippen LogP contribution in [0.5, 0.6) is 11.5 Å². The molecule has 35 heavy (non-hydrogen) atoms. The van der Waals surface area contributed by atoms with Crippen molar-refractivity contribution in [1.29, 1.82) is 0 Å². The van der Waals surface area contributed by atoms with Gasteiger partial charge in [-0.1, -0.05) is 23.7 Å². The van der Waals surface area contributed by atoms with Crippen LogP contribution >= 0.6 is 11.6 Å². The third kappa shape index (κ3) is 3.89. The molecule has 6 aromatic rings. The fraction of sp³-hybridized carbons (Fsp3) is 0.0400. The molecule has 6 nitrogen and oxygen atoms in total. The number of fused-ring (bicyclic) bond motifs is 4. The van der Waals surface area contributed by atoms with E-state index in [1.165, 1.54) is 0 Å². The lowest BCUT2D eigenvalue weighted by molar-refractivity contribution is -0.137. The van der Waals surface area contributed by atoms with E-state index < -0.39 is 11.7 Å². The Morgan fingerprint density at radius 2 is 1.83 bits per heavy atom. The van der Waals surface area contributed by atoms with Crippen molar-refractivity contribution in [2.75, 3.05) is 5.32 Å². The van der Waals surface area contributed by atoms with Crippen molar-refractivity contribution in [3.63, 3.8) is 0 Å². The van der Waals surface area contributed by atoms with E-state index in [-0.39, 0.29) is 22.0 Å². The van der Waals surface area contributed by atoms with Crippen molar-refractivity contribution >= 4 is 50.8 Å². The Morgan fingerprint density at radius 1 is 1.00 bits per heavy atom. The first-order chi connectivity index (χ1) is 16.8. The van der Waals surface area contributed by atoms with Gasteiger partial charge >= 0.3 is 6.18 Å². The Morgan fingerprint density at radius 3 is 2.63 bits per heavy atom. The van der Waals surface area contributed by atoms with Crippen molar-refractivity contribution in [3.05, 3.63) is 89.7 Å². The number of hydrogen-bond acceptors (Lipinski definition) is 4. The van der Waals surface area contributed by atoms with E-state index in [4.69, 9.17) is 16.3 Å². The van der Waals surface area contributed by atoms with E-state index in [1.54, 1.807) is 30.5 Å². The molecule has 0 atom stereocenters. The minimum absolute atomic E-state index is 0.0787. The molecular formula is C25H15ClF3N5O. The zero-order valence-electron chi connectivity index (χ0n) is 17.8. The predicted octanol–water partition coefficient (Wildman–Crippen LogP) is 7.57. The van der Waals surface area contributed by atoms with E-state index in [9.17, 15) is 13.2 Å². The lowest BCUT2D eigenvalue weighted by atomic mass is 10.2. The third-order valence-electron chi connectivity index (χ3n) is 5.56. The van der Waals surface area contributed by atoms with Gasteiger partial charge in [0.1, 0.15) is 16.9 Å². The second kappa shape index (κ2) is 7.92. The topological polar surface area (TPSA) is 67.2 Å². The monoisotopic (exact) mass is 493 g/mol. The fourth-order valence-electron chi connectivity index (χ4n) is 3.97. The van der Waals surface area contributed by atoms with Gasteiger partial charge in [-0.05, 0) is 54.6 Å². The van der Waals surface area contributed by atoms with Crippen LogP contribution in [0.1, 0.15) is 5.56 Å². The van der Waals surface area contributed by atoms with Gasteiger partial charge in [0.15, 0.2) is 5.75 Å². The molecule has 174 valence electrons. The Hall–Kier alpha value is -4.24. The second-order valence-electron chi connectivity index (χ2n) is 7.87. The molecule has 2 N–H and O–H groups in total. The van der Waals surface area contributed by atoms with Crippen LogP contribution in [0.2, 0.25) is 5.02 Å². The number of imidazole rings is 2. The molecule has 3 aromatic heterocycles. The molecule has 0 aliphatic carbocycles. The van der Waals surface area contributed by atoms with E-state index in [1.807, 2.05) is 40.9 Å². The summed E-state index contributed by atoms with van der Waals surface area (Å²) in [5.74, 6) is 1.56. The van der Waals surface area contributed by atoms with Gasteiger partial charge in [-0.2, -0.15) is 13.2 Å². The summed E-state index contributed by atoms with van der Waals surface area (Å²) >= 11 is 6.02. The molecule has 0 aliphatic heterocycles. The van der Waals surface area contributed by atoms with Crippen LogP contribution in [0, 0.1) is 0 Å². The normalized spacial score (nSPS) is 12.0. The molecule has 3 heterocycles. The first-order valence-electron chi connectivity index (χ1n) is 10.5. The van der Waals surface area contributed by atoms with Gasteiger partial charge in [-0.15, -0.1) is 0 Å². The van der Waals surface area contributed by atoms with E-state index in [0.717, 1.165) is 28.7 Å². The maximum absolute atomic E-state index is 13.1. The number of halogens is 4. The van der Waals surface area contributed by atoms with Crippen molar-refractivity contribution in [1.82, 2.24) is 19.4 Å². The molecule has 0 saturated carbocycles. The van der Waals surface area contributed by atoms with Crippen LogP contribution in [0.3, 0.4) is 0 Å². The summed E-state index contributed by atoms with van der Waals surface area (Å²) in [6, 6.07) is 18.7. The smallest absolute Gasteiger partial charge is 0.416 e. The highest BCUT2D eigenvalue weighted by molar-refractivity contribution is 6.35. The summed E-state index contributed by atoms with van der Waals surface area (Å²) in [4.78, 5) is 11.4. The number of alkyl halides is 3. The number of aromatic amines is 1. The molecule has 10 heteroatoms. The number of benzene rings is 3. The molecule has 0 unspecified atom stereocenters. The molecule has 0 spiro atoms. The number of nitrogens with zero attached hydrogens (tertiary/aromatic N) is 3. The lowest BCUT2D eigenvalue weighted by Gasteiger charge is -2.11. The second-order valence-corrected chi connectivity index (χ2v) is 8.28. The predicted molar refractivity (Wildman–Crippen MR) is 129 cm³/mol. The highest BCUT2D eigenvalue weighted by Gasteiger charge is 2.31. The van der Waals surface area contributed by atoms with Crippen LogP contribution < -0.4 is 10.1 Å². The first kappa shape index (κ1) is 21.3. The molecule has 0 radical (unpaired) electrons. The van der Waals surface area contributed by atoms with Crippen LogP contribution in [0.4, 0.5) is 24.8 Å². The van der Waals surface area contributed by atoms with Gasteiger partial charge in [0.2, 0.25) is 5.95 Å². The lowest BCUT2D eigenvalue weighted by Crippen LogP contribution is -2.04. The quantitative estimate of drug-likeness (QED) is 0.266. The summed E-state index contributed by atoms with van der Waals surface area (Å²) < 4.78 is 47.3. The minimum atomic E-state index is -4.50. The maximum Gasteiger partial charge on any atom is 0.416 e. The number of rotatable bonds is 4. The Bertz CT molecular complexity index is 1710. The zero-order valence-corrected chi connectivity index (χ0v) is 18.5. The summed E-state index contributed by atoms with van der Waals surface area (Å²) in [5.41, 5.74) is 1.99. The highest BCUT2D eigenvalue weighted by atomic mass is 35.5. The molecule has 6 rings (SSSR count). The number of H-pyrrole nitrogens is 1. The SMILES string of the molecule is FC(F)(F)c1cc(Cl)c2nc(Nc3ccc(Oc4cccc5ccc6nccn6c45)cc3)[nH]c2c1. The molecule has 0 amide bonds.